The smallest absolute Gasteiger partial charge is 0.0131 e. The maximum Gasteiger partial charge on any atom is 0.0131 e. The van der Waals surface area contributed by atoms with Crippen LogP contribution in [0.5, 0.6) is 0 Å². The third kappa shape index (κ3) is 4.75. The molecule has 0 saturated heterocycles. The van der Waals surface area contributed by atoms with Gasteiger partial charge in [0.25, 0.3) is 0 Å². The van der Waals surface area contributed by atoms with Crippen molar-refractivity contribution in [1.29, 1.82) is 0 Å². The van der Waals surface area contributed by atoms with E-state index >= 15 is 0 Å². The largest absolute Gasteiger partial charge is 0.125 e. The minimum atomic E-state index is -0.293. The fourth-order valence-electron chi connectivity index (χ4n) is 3.26. The second-order valence-corrected chi connectivity index (χ2v) is 9.84. The maximum absolute atomic E-state index is 2.30. The summed E-state index contributed by atoms with van der Waals surface area (Å²) in [5.41, 5.74) is 4.17. The molecular weight excluding hydrogens is 339 g/mol. The molecule has 0 saturated carbocycles. The van der Waals surface area contributed by atoms with Crippen LogP contribution in [-0.4, -0.2) is 11.9 Å². The minimum Gasteiger partial charge on any atom is -0.125 e. The van der Waals surface area contributed by atoms with Crippen molar-refractivity contribution in [3.05, 3.63) is 89.5 Å². The van der Waals surface area contributed by atoms with Gasteiger partial charge in [-0.2, -0.15) is 0 Å². The van der Waals surface area contributed by atoms with E-state index in [0.29, 0.717) is 0 Å². The summed E-state index contributed by atoms with van der Waals surface area (Å²) in [4.78, 5) is 1.46. The van der Waals surface area contributed by atoms with Gasteiger partial charge in [-0.1, -0.05) is 78.4 Å². The van der Waals surface area contributed by atoms with Gasteiger partial charge in [0.15, 0.2) is 0 Å². The van der Waals surface area contributed by atoms with Gasteiger partial charge in [-0.15, -0.1) is 11.8 Å². The fourth-order valence-corrected chi connectivity index (χ4v) is 7.01. The van der Waals surface area contributed by atoms with Crippen LogP contribution in [0.1, 0.15) is 16.7 Å². The molecule has 0 unspecified atom stereocenters. The average Bonchev–Trinajstić information content (AvgIpc) is 2.62. The highest BCUT2D eigenvalue weighted by atomic mass is 32.2. The quantitative estimate of drug-likeness (QED) is 0.391. The van der Waals surface area contributed by atoms with Crippen molar-refractivity contribution in [3.63, 3.8) is 0 Å². The molecule has 2 heteroatoms. The number of aryl methyl sites for hydroxylation is 3. The van der Waals surface area contributed by atoms with E-state index < -0.39 is 0 Å². The van der Waals surface area contributed by atoms with Crippen molar-refractivity contribution < 1.29 is 0 Å². The Kier molecular flexibility index (Phi) is 6.34. The van der Waals surface area contributed by atoms with E-state index in [1.54, 1.807) is 0 Å². The second-order valence-electron chi connectivity index (χ2n) is 6.40. The molecule has 3 aromatic carbocycles. The van der Waals surface area contributed by atoms with E-state index in [9.17, 15) is 0 Å². The van der Waals surface area contributed by atoms with Crippen LogP contribution in [0.4, 0.5) is 0 Å². The first kappa shape index (κ1) is 18.2. The number of rotatable bonds is 6. The SMILES string of the molecule is Cc1cc(C)c(SCCP(c2ccccc2)c2ccccc2)c(C)c1. The van der Waals surface area contributed by atoms with E-state index in [1.165, 1.54) is 38.4 Å². The fraction of sp³-hybridized carbons (Fsp3) is 0.217. The van der Waals surface area contributed by atoms with Crippen LogP contribution in [0.15, 0.2) is 77.7 Å². The molecule has 0 aliphatic rings. The van der Waals surface area contributed by atoms with Crippen LogP contribution < -0.4 is 10.6 Å². The summed E-state index contributed by atoms with van der Waals surface area (Å²) in [5, 5.41) is 2.95. The summed E-state index contributed by atoms with van der Waals surface area (Å²) >= 11 is 2.02. The van der Waals surface area contributed by atoms with Gasteiger partial charge < -0.3 is 0 Å². The zero-order chi connectivity index (χ0) is 17.6. The molecule has 0 aromatic heterocycles. The molecule has 0 nitrogen and oxygen atoms in total. The van der Waals surface area contributed by atoms with Crippen molar-refractivity contribution in [1.82, 2.24) is 0 Å². The Morgan fingerprint density at radius 3 is 1.68 bits per heavy atom. The molecule has 0 spiro atoms. The molecule has 3 rings (SSSR count). The van der Waals surface area contributed by atoms with E-state index in [0.717, 1.165) is 5.75 Å². The zero-order valence-corrected chi connectivity index (χ0v) is 16.9. The van der Waals surface area contributed by atoms with Gasteiger partial charge in [0.2, 0.25) is 0 Å². The Labute approximate surface area is 157 Å². The normalized spacial score (nSPS) is 11.0. The molecule has 128 valence electrons. The zero-order valence-electron chi connectivity index (χ0n) is 15.2. The van der Waals surface area contributed by atoms with Gasteiger partial charge in [-0.25, -0.2) is 0 Å². The predicted molar refractivity (Wildman–Crippen MR) is 115 cm³/mol. The molecule has 0 N–H and O–H groups in total. The van der Waals surface area contributed by atoms with Crippen molar-refractivity contribution in [2.24, 2.45) is 0 Å². The van der Waals surface area contributed by atoms with Crippen LogP contribution >= 0.6 is 19.7 Å². The van der Waals surface area contributed by atoms with Crippen molar-refractivity contribution in [3.8, 4) is 0 Å². The minimum absolute atomic E-state index is 0.293. The highest BCUT2D eigenvalue weighted by Gasteiger charge is 2.14. The van der Waals surface area contributed by atoms with Crippen LogP contribution in [0.25, 0.3) is 0 Å². The number of hydrogen-bond acceptors (Lipinski definition) is 1. The van der Waals surface area contributed by atoms with Crippen LogP contribution in [0.3, 0.4) is 0 Å². The molecular formula is C23H25PS. The van der Waals surface area contributed by atoms with Crippen LogP contribution in [0, 0.1) is 20.8 Å². The number of hydrogen-bond donors (Lipinski definition) is 0. The highest BCUT2D eigenvalue weighted by Crippen LogP contribution is 2.36. The molecule has 0 atom stereocenters. The Bertz CT molecular complexity index is 750. The van der Waals surface area contributed by atoms with E-state index in [-0.39, 0.29) is 7.92 Å². The van der Waals surface area contributed by atoms with Crippen LogP contribution in [0.2, 0.25) is 0 Å². The van der Waals surface area contributed by atoms with E-state index in [4.69, 9.17) is 0 Å². The third-order valence-corrected chi connectivity index (χ3v) is 8.46. The van der Waals surface area contributed by atoms with Gasteiger partial charge in [0.05, 0.1) is 0 Å². The molecule has 0 aliphatic carbocycles. The lowest BCUT2D eigenvalue weighted by molar-refractivity contribution is 1.19. The first-order chi connectivity index (χ1) is 12.1. The first-order valence-electron chi connectivity index (χ1n) is 8.73. The summed E-state index contributed by atoms with van der Waals surface area (Å²) in [6, 6.07) is 26.6. The van der Waals surface area contributed by atoms with Gasteiger partial charge in [0, 0.05) is 10.6 Å². The Morgan fingerprint density at radius 2 is 1.20 bits per heavy atom. The molecule has 0 aliphatic heterocycles. The summed E-state index contributed by atoms with van der Waals surface area (Å²) in [7, 11) is -0.293. The van der Waals surface area contributed by atoms with Crippen LogP contribution in [-0.2, 0) is 0 Å². The maximum atomic E-state index is 2.30. The molecule has 0 fully saturated rings. The lowest BCUT2D eigenvalue weighted by Crippen LogP contribution is -2.14. The first-order valence-corrected chi connectivity index (χ1v) is 11.2. The average molecular weight is 364 g/mol. The summed E-state index contributed by atoms with van der Waals surface area (Å²) in [6.07, 6.45) is 1.21. The summed E-state index contributed by atoms with van der Waals surface area (Å²) < 4.78 is 0. The molecule has 0 bridgehead atoms. The molecule has 25 heavy (non-hydrogen) atoms. The van der Waals surface area contributed by atoms with Gasteiger partial charge in [-0.3, -0.25) is 0 Å². The number of benzene rings is 3. The highest BCUT2D eigenvalue weighted by molar-refractivity contribution is 7.99. The molecule has 0 heterocycles. The molecule has 0 amide bonds. The lowest BCUT2D eigenvalue weighted by atomic mass is 10.1. The van der Waals surface area contributed by atoms with E-state index in [2.05, 4.69) is 93.6 Å². The Balaban J connectivity index is 1.76. The monoisotopic (exact) mass is 364 g/mol. The van der Waals surface area contributed by atoms with E-state index in [1.807, 2.05) is 11.8 Å². The van der Waals surface area contributed by atoms with Crippen molar-refractivity contribution >= 4 is 30.3 Å². The summed E-state index contributed by atoms with van der Waals surface area (Å²) in [5.74, 6) is 1.15. The second kappa shape index (κ2) is 8.70. The molecule has 3 aromatic rings. The van der Waals surface area contributed by atoms with Gasteiger partial charge in [0.1, 0.15) is 0 Å². The van der Waals surface area contributed by atoms with Crippen molar-refractivity contribution in [2.75, 3.05) is 11.9 Å². The van der Waals surface area contributed by atoms with Crippen molar-refractivity contribution in [2.45, 2.75) is 25.7 Å². The lowest BCUT2D eigenvalue weighted by Gasteiger charge is -2.19. The topological polar surface area (TPSA) is 0 Å². The third-order valence-electron chi connectivity index (χ3n) is 4.30. The Hall–Kier alpha value is -1.56. The predicted octanol–water partition coefficient (Wildman–Crippen LogP) is 5.84. The number of thioether (sulfide) groups is 1. The molecule has 0 radical (unpaired) electrons. The van der Waals surface area contributed by atoms with Gasteiger partial charge >= 0.3 is 0 Å². The standard InChI is InChI=1S/C23H25PS/c1-18-16-19(2)23(20(3)17-18)25-15-14-24(21-10-6-4-7-11-21)22-12-8-5-9-13-22/h4-13,16-17H,14-15H2,1-3H3. The Morgan fingerprint density at radius 1 is 0.720 bits per heavy atom. The summed E-state index contributed by atoms with van der Waals surface area (Å²) in [6.45, 7) is 6.65. The van der Waals surface area contributed by atoms with Gasteiger partial charge in [-0.05, 0) is 56.6 Å².